The molecule has 2 aromatic rings. The second-order valence-corrected chi connectivity index (χ2v) is 4.76. The number of anilines is 3. The third-order valence-electron chi connectivity index (χ3n) is 3.45. The summed E-state index contributed by atoms with van der Waals surface area (Å²) < 4.78 is 5.12. The topological polar surface area (TPSA) is 60.2 Å². The van der Waals surface area contributed by atoms with Crippen LogP contribution >= 0.6 is 0 Å². The lowest BCUT2D eigenvalue weighted by Crippen LogP contribution is -1.99. The van der Waals surface area contributed by atoms with Crippen LogP contribution < -0.4 is 15.8 Å². The number of pyridine rings is 1. The number of methoxy groups -OCH3 is 1. The molecule has 0 atom stereocenters. The van der Waals surface area contributed by atoms with Crippen molar-refractivity contribution in [1.82, 2.24) is 4.98 Å². The Morgan fingerprint density at radius 1 is 1.16 bits per heavy atom. The minimum atomic E-state index is 0.450. The summed E-state index contributed by atoms with van der Waals surface area (Å²) >= 11 is 0. The van der Waals surface area contributed by atoms with Crippen molar-refractivity contribution in [3.05, 3.63) is 41.5 Å². The third kappa shape index (κ3) is 2.34. The van der Waals surface area contributed by atoms with Gasteiger partial charge in [0.15, 0.2) is 0 Å². The van der Waals surface area contributed by atoms with Crippen molar-refractivity contribution >= 4 is 17.2 Å². The molecule has 0 saturated heterocycles. The van der Waals surface area contributed by atoms with Gasteiger partial charge in [-0.05, 0) is 54.7 Å². The maximum Gasteiger partial charge on any atom is 0.238 e. The first-order valence-corrected chi connectivity index (χ1v) is 6.45. The highest BCUT2D eigenvalue weighted by molar-refractivity contribution is 5.62. The van der Waals surface area contributed by atoms with Crippen LogP contribution in [-0.2, 0) is 12.8 Å². The highest BCUT2D eigenvalue weighted by atomic mass is 16.5. The van der Waals surface area contributed by atoms with E-state index in [2.05, 4.69) is 28.5 Å². The quantitative estimate of drug-likeness (QED) is 0.885. The molecule has 0 bridgehead atoms. The van der Waals surface area contributed by atoms with Gasteiger partial charge in [-0.2, -0.15) is 4.98 Å². The second kappa shape index (κ2) is 4.80. The zero-order valence-corrected chi connectivity index (χ0v) is 10.9. The predicted octanol–water partition coefficient (Wildman–Crippen LogP) is 2.90. The van der Waals surface area contributed by atoms with Crippen LogP contribution in [0.15, 0.2) is 30.3 Å². The number of nitrogen functional groups attached to an aromatic ring is 1. The molecule has 98 valence electrons. The van der Waals surface area contributed by atoms with Gasteiger partial charge in [0.05, 0.1) is 12.8 Å². The monoisotopic (exact) mass is 255 g/mol. The summed E-state index contributed by atoms with van der Waals surface area (Å²) in [5.74, 6) is 1.19. The van der Waals surface area contributed by atoms with E-state index in [0.717, 1.165) is 11.5 Å². The number of rotatable bonds is 3. The number of aryl methyl sites for hydroxylation is 2. The molecule has 4 nitrogen and oxygen atoms in total. The van der Waals surface area contributed by atoms with Crippen LogP contribution in [0.2, 0.25) is 0 Å². The van der Waals surface area contributed by atoms with Crippen molar-refractivity contribution in [1.29, 1.82) is 0 Å². The summed E-state index contributed by atoms with van der Waals surface area (Å²) in [4.78, 5) is 4.32. The zero-order valence-electron chi connectivity index (χ0n) is 10.9. The third-order valence-corrected chi connectivity index (χ3v) is 3.45. The van der Waals surface area contributed by atoms with E-state index in [1.165, 1.54) is 30.4 Å². The summed E-state index contributed by atoms with van der Waals surface area (Å²) in [7, 11) is 1.57. The zero-order chi connectivity index (χ0) is 13.2. The molecule has 19 heavy (non-hydrogen) atoms. The molecular formula is C15H17N3O. The van der Waals surface area contributed by atoms with Crippen LogP contribution in [0, 0.1) is 0 Å². The SMILES string of the molecule is COc1nc(Nc2ccc3c(c2)CCC3)ccc1N. The first kappa shape index (κ1) is 11.8. The summed E-state index contributed by atoms with van der Waals surface area (Å²) in [5, 5.41) is 3.29. The van der Waals surface area contributed by atoms with E-state index in [-0.39, 0.29) is 0 Å². The maximum absolute atomic E-state index is 5.75. The Kier molecular flexibility index (Phi) is 2.99. The number of ether oxygens (including phenoxy) is 1. The molecule has 3 N–H and O–H groups in total. The van der Waals surface area contributed by atoms with Gasteiger partial charge in [-0.25, -0.2) is 0 Å². The van der Waals surface area contributed by atoms with Crippen LogP contribution in [0.3, 0.4) is 0 Å². The van der Waals surface area contributed by atoms with Crippen LogP contribution in [0.4, 0.5) is 17.2 Å². The summed E-state index contributed by atoms with van der Waals surface area (Å²) in [5.41, 5.74) is 10.3. The molecule has 1 aliphatic carbocycles. The number of nitrogens with one attached hydrogen (secondary N) is 1. The molecule has 0 radical (unpaired) electrons. The van der Waals surface area contributed by atoms with Crippen LogP contribution in [0.1, 0.15) is 17.5 Å². The molecule has 1 heterocycles. The van der Waals surface area contributed by atoms with E-state index in [1.807, 2.05) is 6.07 Å². The molecular weight excluding hydrogens is 238 g/mol. The van der Waals surface area contributed by atoms with E-state index >= 15 is 0 Å². The molecule has 1 aromatic heterocycles. The van der Waals surface area contributed by atoms with E-state index in [4.69, 9.17) is 10.5 Å². The number of nitrogens with two attached hydrogens (primary N) is 1. The van der Waals surface area contributed by atoms with Crippen molar-refractivity contribution in [2.75, 3.05) is 18.2 Å². The second-order valence-electron chi connectivity index (χ2n) is 4.76. The van der Waals surface area contributed by atoms with Crippen molar-refractivity contribution in [2.24, 2.45) is 0 Å². The van der Waals surface area contributed by atoms with Crippen LogP contribution in [0.5, 0.6) is 5.88 Å². The molecule has 0 spiro atoms. The average molecular weight is 255 g/mol. The number of hydrogen-bond donors (Lipinski definition) is 2. The van der Waals surface area contributed by atoms with Crippen molar-refractivity contribution in [3.63, 3.8) is 0 Å². The number of hydrogen-bond acceptors (Lipinski definition) is 4. The van der Waals surface area contributed by atoms with Gasteiger partial charge < -0.3 is 15.8 Å². The molecule has 1 aliphatic rings. The van der Waals surface area contributed by atoms with Gasteiger partial charge in [0.2, 0.25) is 5.88 Å². The molecule has 1 aromatic carbocycles. The minimum absolute atomic E-state index is 0.450. The van der Waals surface area contributed by atoms with Crippen molar-refractivity contribution < 1.29 is 4.74 Å². The first-order chi connectivity index (χ1) is 9.26. The summed E-state index contributed by atoms with van der Waals surface area (Å²) in [6.07, 6.45) is 3.62. The molecule has 0 aliphatic heterocycles. The van der Waals surface area contributed by atoms with Crippen molar-refractivity contribution in [3.8, 4) is 5.88 Å². The molecule has 0 saturated carbocycles. The normalized spacial score (nSPS) is 13.1. The number of aromatic nitrogens is 1. The van der Waals surface area contributed by atoms with Gasteiger partial charge in [-0.3, -0.25) is 0 Å². The number of benzene rings is 1. The molecule has 0 unspecified atom stereocenters. The fourth-order valence-electron chi connectivity index (χ4n) is 2.48. The standard InChI is InChI=1S/C15H17N3O/c1-19-15-13(16)7-8-14(18-15)17-12-6-5-10-3-2-4-11(10)9-12/h5-9H,2-4,16H2,1H3,(H,17,18). The fraction of sp³-hybridized carbons (Fsp3) is 0.267. The Bertz CT molecular complexity index is 601. The van der Waals surface area contributed by atoms with Crippen LogP contribution in [-0.4, -0.2) is 12.1 Å². The molecule has 4 heteroatoms. The smallest absolute Gasteiger partial charge is 0.238 e. The van der Waals surface area contributed by atoms with Gasteiger partial charge in [0.1, 0.15) is 5.82 Å². The number of fused-ring (bicyclic) bond motifs is 1. The van der Waals surface area contributed by atoms with E-state index < -0.39 is 0 Å². The van der Waals surface area contributed by atoms with Gasteiger partial charge in [-0.15, -0.1) is 0 Å². The lowest BCUT2D eigenvalue weighted by molar-refractivity contribution is 0.401. The Labute approximate surface area is 112 Å². The van der Waals surface area contributed by atoms with Gasteiger partial charge in [0.25, 0.3) is 0 Å². The molecule has 3 rings (SSSR count). The Balaban J connectivity index is 1.85. The molecule has 0 amide bonds. The largest absolute Gasteiger partial charge is 0.479 e. The lowest BCUT2D eigenvalue weighted by Gasteiger charge is -2.10. The Morgan fingerprint density at radius 2 is 2.00 bits per heavy atom. The van der Waals surface area contributed by atoms with E-state index in [9.17, 15) is 0 Å². The minimum Gasteiger partial charge on any atom is -0.479 e. The van der Waals surface area contributed by atoms with Crippen LogP contribution in [0.25, 0.3) is 0 Å². The Hall–Kier alpha value is -2.23. The van der Waals surface area contributed by atoms with Gasteiger partial charge >= 0.3 is 0 Å². The highest BCUT2D eigenvalue weighted by Crippen LogP contribution is 2.27. The first-order valence-electron chi connectivity index (χ1n) is 6.45. The van der Waals surface area contributed by atoms with Gasteiger partial charge in [-0.1, -0.05) is 6.07 Å². The Morgan fingerprint density at radius 3 is 2.84 bits per heavy atom. The van der Waals surface area contributed by atoms with E-state index in [0.29, 0.717) is 11.6 Å². The number of nitrogens with zero attached hydrogens (tertiary/aromatic N) is 1. The summed E-state index contributed by atoms with van der Waals surface area (Å²) in [6.45, 7) is 0. The summed E-state index contributed by atoms with van der Waals surface area (Å²) in [6, 6.07) is 10.1. The highest BCUT2D eigenvalue weighted by Gasteiger charge is 2.11. The maximum atomic E-state index is 5.75. The molecule has 0 fully saturated rings. The fourth-order valence-corrected chi connectivity index (χ4v) is 2.48. The van der Waals surface area contributed by atoms with Crippen molar-refractivity contribution in [2.45, 2.75) is 19.3 Å². The van der Waals surface area contributed by atoms with E-state index in [1.54, 1.807) is 13.2 Å². The lowest BCUT2D eigenvalue weighted by atomic mass is 10.1. The predicted molar refractivity (Wildman–Crippen MR) is 77.0 cm³/mol. The average Bonchev–Trinajstić information content (AvgIpc) is 2.88. The van der Waals surface area contributed by atoms with Gasteiger partial charge in [0, 0.05) is 5.69 Å².